The van der Waals surface area contributed by atoms with Crippen LogP contribution in [0.25, 0.3) is 0 Å². The van der Waals surface area contributed by atoms with Gasteiger partial charge in [0.2, 0.25) is 0 Å². The van der Waals surface area contributed by atoms with Crippen molar-refractivity contribution in [2.75, 3.05) is 45.0 Å². The zero-order chi connectivity index (χ0) is 14.4. The van der Waals surface area contributed by atoms with Gasteiger partial charge in [-0.05, 0) is 64.2 Å². The summed E-state index contributed by atoms with van der Waals surface area (Å²) in [6.07, 6.45) is 4.61. The second kappa shape index (κ2) is 13.6. The van der Waals surface area contributed by atoms with Crippen LogP contribution in [0.1, 0.15) is 32.6 Å². The Morgan fingerprint density at radius 1 is 0.947 bits per heavy atom. The van der Waals surface area contributed by atoms with Crippen molar-refractivity contribution >= 4 is 27.9 Å². The van der Waals surface area contributed by atoms with Gasteiger partial charge >= 0.3 is 0 Å². The number of nitrogens with two attached hydrogens (primary N) is 1. The van der Waals surface area contributed by atoms with E-state index in [0.717, 1.165) is 57.9 Å². The van der Waals surface area contributed by atoms with E-state index in [2.05, 4.69) is 33.9 Å². The first-order valence-corrected chi connectivity index (χ1v) is 10.2. The maximum absolute atomic E-state index is 5.95. The molecule has 0 saturated heterocycles. The molecule has 114 valence electrons. The molecule has 0 aliphatic rings. The minimum atomic E-state index is -1.33. The van der Waals surface area contributed by atoms with E-state index in [9.17, 15) is 0 Å². The zero-order valence-corrected chi connectivity index (χ0v) is 14.0. The number of thiol groups is 1. The molecular formula is C12H31BN4S2. The third-order valence-electron chi connectivity index (χ3n) is 2.84. The second-order valence-electron chi connectivity index (χ2n) is 4.64. The lowest BCUT2D eigenvalue weighted by atomic mass is 10.3. The molecule has 5 N–H and O–H groups in total. The predicted molar refractivity (Wildman–Crippen MR) is 94.1 cm³/mol. The molecule has 4 nitrogen and oxygen atoms in total. The molecule has 0 amide bonds. The third-order valence-corrected chi connectivity index (χ3v) is 5.58. The van der Waals surface area contributed by atoms with E-state index >= 15 is 0 Å². The highest BCUT2D eigenvalue weighted by atomic mass is 33.1. The monoisotopic (exact) mass is 306 g/mol. The van der Waals surface area contributed by atoms with Gasteiger partial charge in [-0.25, -0.2) is 0 Å². The minimum Gasteiger partial charge on any atom is -0.330 e. The summed E-state index contributed by atoms with van der Waals surface area (Å²) in [5.41, 5.74) is 5.42. The molecule has 0 bridgehead atoms. The molecule has 0 aromatic heterocycles. The first-order chi connectivity index (χ1) is 9.12. The maximum atomic E-state index is 5.95. The number of hydrogen-bond donors (Lipinski definition) is 5. The van der Waals surface area contributed by atoms with Crippen molar-refractivity contribution in [2.45, 2.75) is 32.6 Å². The fraction of sp³-hybridized carbons (Fsp3) is 1.00. The van der Waals surface area contributed by atoms with Gasteiger partial charge in [-0.2, -0.15) is 9.10 Å². The van der Waals surface area contributed by atoms with Gasteiger partial charge in [-0.1, -0.05) is 6.92 Å². The molecule has 0 aliphatic heterocycles. The Bertz CT molecular complexity index is 197. The van der Waals surface area contributed by atoms with Crippen LogP contribution in [0, 0.1) is 0 Å². The van der Waals surface area contributed by atoms with Crippen LogP contribution in [0.4, 0.5) is 0 Å². The number of rotatable bonds is 14. The Hall–Kier alpha value is 0.605. The van der Waals surface area contributed by atoms with E-state index in [0.29, 0.717) is 0 Å². The summed E-state index contributed by atoms with van der Waals surface area (Å²) in [4.78, 5) is 0. The third kappa shape index (κ3) is 14.8. The van der Waals surface area contributed by atoms with Gasteiger partial charge in [0.1, 0.15) is 0 Å². The summed E-state index contributed by atoms with van der Waals surface area (Å²) in [5.74, 6) is 0.903. The quantitative estimate of drug-likeness (QED) is 0.143. The van der Waals surface area contributed by atoms with E-state index in [-0.39, 0.29) is 0 Å². The molecule has 0 aromatic rings. The summed E-state index contributed by atoms with van der Waals surface area (Å²) in [5, 5.41) is 6.83. The van der Waals surface area contributed by atoms with Crippen LogP contribution in [-0.2, 0) is 0 Å². The maximum Gasteiger partial charge on any atom is 0.171 e. The summed E-state index contributed by atoms with van der Waals surface area (Å²) >= 11 is 4.41. The average molecular weight is 306 g/mol. The van der Waals surface area contributed by atoms with E-state index in [4.69, 9.17) is 12.9 Å². The van der Waals surface area contributed by atoms with Crippen LogP contribution in [0.15, 0.2) is 0 Å². The van der Waals surface area contributed by atoms with Crippen LogP contribution in [0.3, 0.4) is 0 Å². The Morgan fingerprint density at radius 2 is 1.47 bits per heavy atom. The van der Waals surface area contributed by atoms with Crippen LogP contribution >= 0.6 is 20.8 Å². The van der Waals surface area contributed by atoms with E-state index in [1.54, 1.807) is 0 Å². The SMILES string of the molecule is [B]S(S)(CC)NCCCNCCCCNCCCN. The van der Waals surface area contributed by atoms with Crippen molar-refractivity contribution in [3.63, 3.8) is 0 Å². The summed E-state index contributed by atoms with van der Waals surface area (Å²) in [6, 6.07) is 0. The second-order valence-corrected chi connectivity index (χ2v) is 8.97. The molecule has 0 rings (SSSR count). The number of hydrogen-bond acceptors (Lipinski definition) is 5. The Kier molecular flexibility index (Phi) is 14.0. The molecule has 2 radical (unpaired) electrons. The molecule has 0 aliphatic carbocycles. The fourth-order valence-electron chi connectivity index (χ4n) is 1.54. The molecule has 0 saturated carbocycles. The highest BCUT2D eigenvalue weighted by molar-refractivity contribution is 8.95. The van der Waals surface area contributed by atoms with Crippen LogP contribution in [-0.4, -0.2) is 52.1 Å². The van der Waals surface area contributed by atoms with Gasteiger partial charge in [0.05, 0.1) is 0 Å². The molecule has 1 unspecified atom stereocenters. The molecular weight excluding hydrogens is 275 g/mol. The van der Waals surface area contributed by atoms with Crippen molar-refractivity contribution in [1.82, 2.24) is 15.4 Å². The summed E-state index contributed by atoms with van der Waals surface area (Å²) in [6.45, 7) is 8.05. The Labute approximate surface area is 127 Å². The molecule has 7 heteroatoms. The average Bonchev–Trinajstić information content (AvgIpc) is 2.40. The minimum absolute atomic E-state index is 0.776. The molecule has 0 spiro atoms. The normalized spacial score (nSPS) is 16.2. The van der Waals surface area contributed by atoms with E-state index in [1.165, 1.54) is 12.8 Å². The van der Waals surface area contributed by atoms with Gasteiger partial charge in [0.15, 0.2) is 7.12 Å². The van der Waals surface area contributed by atoms with Gasteiger partial charge in [0.25, 0.3) is 0 Å². The molecule has 0 fully saturated rings. The van der Waals surface area contributed by atoms with Crippen molar-refractivity contribution in [2.24, 2.45) is 5.73 Å². The van der Waals surface area contributed by atoms with Crippen molar-refractivity contribution < 1.29 is 0 Å². The topological polar surface area (TPSA) is 62.1 Å². The molecule has 0 aromatic carbocycles. The lowest BCUT2D eigenvalue weighted by molar-refractivity contribution is 0.568. The number of unbranched alkanes of at least 4 members (excludes halogenated alkanes) is 1. The van der Waals surface area contributed by atoms with Gasteiger partial charge in [0, 0.05) is 6.54 Å². The standard InChI is InChI=1S/C12H31BN4S2/c1-2-19(13,18)17-12-6-11-16-9-4-3-8-15-10-5-7-14/h15-18H,2-12,14H2,1H3. The smallest absolute Gasteiger partial charge is 0.171 e. The van der Waals surface area contributed by atoms with Gasteiger partial charge in [-0.3, -0.25) is 4.72 Å². The molecule has 1 atom stereocenters. The fourth-order valence-corrected chi connectivity index (χ4v) is 2.52. The van der Waals surface area contributed by atoms with Crippen LogP contribution in [0.5, 0.6) is 0 Å². The number of nitrogens with one attached hydrogen (secondary N) is 3. The highest BCUT2D eigenvalue weighted by Gasteiger charge is 2.06. The van der Waals surface area contributed by atoms with Gasteiger partial charge in [-0.15, -0.1) is 11.7 Å². The Balaban J connectivity index is 3.07. The first kappa shape index (κ1) is 19.6. The predicted octanol–water partition coefficient (Wildman–Crippen LogP) is 0.942. The Morgan fingerprint density at radius 3 is 2.00 bits per heavy atom. The lowest BCUT2D eigenvalue weighted by Crippen LogP contribution is -2.25. The van der Waals surface area contributed by atoms with E-state index < -0.39 is 9.10 Å². The van der Waals surface area contributed by atoms with Crippen molar-refractivity contribution in [3.05, 3.63) is 0 Å². The largest absolute Gasteiger partial charge is 0.330 e. The molecule has 0 heterocycles. The summed E-state index contributed by atoms with van der Waals surface area (Å²) in [7, 11) is 4.62. The van der Waals surface area contributed by atoms with Crippen molar-refractivity contribution in [1.29, 1.82) is 0 Å². The van der Waals surface area contributed by atoms with Crippen LogP contribution < -0.4 is 21.1 Å². The zero-order valence-electron chi connectivity index (χ0n) is 12.3. The highest BCUT2D eigenvalue weighted by Crippen LogP contribution is 2.42. The lowest BCUT2D eigenvalue weighted by Gasteiger charge is -2.30. The van der Waals surface area contributed by atoms with Gasteiger partial charge < -0.3 is 16.4 Å². The summed E-state index contributed by atoms with van der Waals surface area (Å²) < 4.78 is 3.30. The van der Waals surface area contributed by atoms with Crippen molar-refractivity contribution in [3.8, 4) is 0 Å². The van der Waals surface area contributed by atoms with E-state index in [1.807, 2.05) is 0 Å². The van der Waals surface area contributed by atoms with Crippen LogP contribution in [0.2, 0.25) is 0 Å². The first-order valence-electron chi connectivity index (χ1n) is 7.29. The molecule has 19 heavy (non-hydrogen) atoms.